The molecule has 0 aliphatic rings. The number of benzene rings is 1. The van der Waals surface area contributed by atoms with Crippen molar-refractivity contribution in [3.8, 4) is 11.4 Å². The van der Waals surface area contributed by atoms with Gasteiger partial charge in [-0.3, -0.25) is 5.10 Å². The molecule has 0 radical (unpaired) electrons. The zero-order valence-corrected chi connectivity index (χ0v) is 14.7. The first kappa shape index (κ1) is 16.1. The molecule has 0 fully saturated rings. The molecule has 0 saturated heterocycles. The lowest BCUT2D eigenvalue weighted by atomic mass is 10.2. The van der Waals surface area contributed by atoms with Gasteiger partial charge in [-0.2, -0.15) is 10.2 Å². The van der Waals surface area contributed by atoms with E-state index in [1.54, 1.807) is 41.9 Å². The van der Waals surface area contributed by atoms with E-state index in [0.717, 1.165) is 0 Å². The summed E-state index contributed by atoms with van der Waals surface area (Å²) in [7, 11) is 0. The molecule has 4 heterocycles. The van der Waals surface area contributed by atoms with Crippen LogP contribution in [-0.2, 0) is 0 Å². The van der Waals surface area contributed by atoms with Crippen LogP contribution in [0.15, 0.2) is 42.6 Å². The molecule has 0 unspecified atom stereocenters. The summed E-state index contributed by atoms with van der Waals surface area (Å²) in [6.45, 7) is 1.75. The van der Waals surface area contributed by atoms with Gasteiger partial charge in [0, 0.05) is 12.3 Å². The number of nitrogens with zero attached hydrogens (tertiary/aromatic N) is 6. The number of hydrogen-bond acceptors (Lipinski definition) is 7. The molecule has 1 aromatic carbocycles. The Morgan fingerprint density at radius 3 is 2.86 bits per heavy atom. The lowest BCUT2D eigenvalue weighted by molar-refractivity contribution is 0.640. The third kappa shape index (κ3) is 2.50. The van der Waals surface area contributed by atoms with Crippen molar-refractivity contribution in [1.29, 1.82) is 0 Å². The van der Waals surface area contributed by atoms with E-state index in [-0.39, 0.29) is 5.82 Å². The van der Waals surface area contributed by atoms with Gasteiger partial charge in [0.25, 0.3) is 0 Å². The van der Waals surface area contributed by atoms with Crippen molar-refractivity contribution < 1.29 is 4.39 Å². The standard InChI is InChI=1S/C18H14FN9/c1-9-22-12(8-13(20)23-9)16-18(24-14-6-3-7-21-28(14)16)25-17-15-10(19)4-2-5-11(15)26-27-17/h2-8H,1H3,(H2,20,22,23)(H2,25,26,27). The van der Waals surface area contributed by atoms with Crippen LogP contribution in [0.3, 0.4) is 0 Å². The van der Waals surface area contributed by atoms with Crippen molar-refractivity contribution in [2.75, 3.05) is 11.1 Å². The minimum absolute atomic E-state index is 0.316. The number of fused-ring (bicyclic) bond motifs is 2. The van der Waals surface area contributed by atoms with Crippen molar-refractivity contribution in [2.24, 2.45) is 0 Å². The molecule has 28 heavy (non-hydrogen) atoms. The average Bonchev–Trinajstić information content (AvgIpc) is 3.23. The maximum absolute atomic E-state index is 14.3. The summed E-state index contributed by atoms with van der Waals surface area (Å²) in [4.78, 5) is 13.1. The minimum Gasteiger partial charge on any atom is -0.384 e. The Hall–Kier alpha value is -4.08. The van der Waals surface area contributed by atoms with Gasteiger partial charge in [-0.1, -0.05) is 6.07 Å². The van der Waals surface area contributed by atoms with Gasteiger partial charge < -0.3 is 11.1 Å². The highest BCUT2D eigenvalue weighted by Crippen LogP contribution is 2.32. The summed E-state index contributed by atoms with van der Waals surface area (Å²) < 4.78 is 16.0. The molecule has 4 aromatic heterocycles. The first-order valence-electron chi connectivity index (χ1n) is 8.45. The third-order valence-corrected chi connectivity index (χ3v) is 4.27. The van der Waals surface area contributed by atoms with Gasteiger partial charge in [-0.05, 0) is 31.2 Å². The molecule has 0 bridgehead atoms. The fourth-order valence-corrected chi connectivity index (χ4v) is 3.15. The first-order valence-corrected chi connectivity index (χ1v) is 8.45. The van der Waals surface area contributed by atoms with E-state index in [9.17, 15) is 4.39 Å². The number of hydrogen-bond donors (Lipinski definition) is 3. The monoisotopic (exact) mass is 375 g/mol. The molecular weight excluding hydrogens is 361 g/mol. The molecule has 0 atom stereocenters. The number of halogens is 1. The van der Waals surface area contributed by atoms with Gasteiger partial charge in [-0.25, -0.2) is 23.9 Å². The molecule has 4 N–H and O–H groups in total. The molecule has 0 aliphatic heterocycles. The van der Waals surface area contributed by atoms with Crippen LogP contribution in [0.2, 0.25) is 0 Å². The number of anilines is 3. The van der Waals surface area contributed by atoms with Crippen LogP contribution in [0.25, 0.3) is 27.9 Å². The number of imidazole rings is 1. The maximum atomic E-state index is 14.3. The lowest BCUT2D eigenvalue weighted by Crippen LogP contribution is -2.02. The van der Waals surface area contributed by atoms with Gasteiger partial charge in [0.2, 0.25) is 0 Å². The predicted molar refractivity (Wildman–Crippen MR) is 102 cm³/mol. The minimum atomic E-state index is -0.390. The number of nitrogen functional groups attached to an aromatic ring is 1. The van der Waals surface area contributed by atoms with Gasteiger partial charge in [0.05, 0.1) is 16.6 Å². The number of aromatic nitrogens is 7. The molecule has 0 aliphatic carbocycles. The highest BCUT2D eigenvalue weighted by molar-refractivity contribution is 5.93. The van der Waals surface area contributed by atoms with Crippen LogP contribution in [0.5, 0.6) is 0 Å². The Kier molecular flexibility index (Phi) is 3.44. The Morgan fingerprint density at radius 1 is 1.11 bits per heavy atom. The second kappa shape index (κ2) is 5.98. The van der Waals surface area contributed by atoms with E-state index < -0.39 is 0 Å². The second-order valence-electron chi connectivity index (χ2n) is 6.19. The number of H-pyrrole nitrogens is 1. The highest BCUT2D eigenvalue weighted by Gasteiger charge is 2.20. The van der Waals surface area contributed by atoms with Crippen molar-refractivity contribution in [2.45, 2.75) is 6.92 Å². The molecule has 0 saturated carbocycles. The Bertz CT molecular complexity index is 1320. The van der Waals surface area contributed by atoms with E-state index in [4.69, 9.17) is 5.73 Å². The fourth-order valence-electron chi connectivity index (χ4n) is 3.15. The topological polar surface area (TPSA) is 123 Å². The van der Waals surface area contributed by atoms with Crippen LogP contribution in [0.4, 0.5) is 21.8 Å². The Balaban J connectivity index is 1.73. The largest absolute Gasteiger partial charge is 0.384 e. The van der Waals surface area contributed by atoms with Crippen LogP contribution in [0.1, 0.15) is 5.82 Å². The quantitative estimate of drug-likeness (QED) is 0.443. The number of aromatic amines is 1. The van der Waals surface area contributed by atoms with Crippen molar-refractivity contribution in [3.05, 3.63) is 54.2 Å². The number of nitrogens with one attached hydrogen (secondary N) is 2. The molecule has 5 rings (SSSR count). The molecule has 0 spiro atoms. The maximum Gasteiger partial charge on any atom is 0.164 e. The van der Waals surface area contributed by atoms with E-state index in [1.807, 2.05) is 6.07 Å². The summed E-state index contributed by atoms with van der Waals surface area (Å²) in [5.41, 5.74) is 8.18. The summed E-state index contributed by atoms with van der Waals surface area (Å²) >= 11 is 0. The van der Waals surface area contributed by atoms with E-state index in [2.05, 4.69) is 35.6 Å². The number of aryl methyl sites for hydroxylation is 1. The van der Waals surface area contributed by atoms with Crippen LogP contribution >= 0.6 is 0 Å². The SMILES string of the molecule is Cc1nc(N)cc(-c2c(Nc3n[nH]c4cccc(F)c34)nc3cccnn23)n1. The van der Waals surface area contributed by atoms with E-state index >= 15 is 0 Å². The third-order valence-electron chi connectivity index (χ3n) is 4.27. The summed E-state index contributed by atoms with van der Waals surface area (Å²) in [5, 5.41) is 14.8. The summed E-state index contributed by atoms with van der Waals surface area (Å²) in [5.74, 6) is 1.20. The molecule has 9 nitrogen and oxygen atoms in total. The van der Waals surface area contributed by atoms with Crippen LogP contribution < -0.4 is 11.1 Å². The Morgan fingerprint density at radius 2 is 2.00 bits per heavy atom. The van der Waals surface area contributed by atoms with Gasteiger partial charge in [0.15, 0.2) is 17.3 Å². The van der Waals surface area contributed by atoms with Crippen LogP contribution in [0, 0.1) is 12.7 Å². The van der Waals surface area contributed by atoms with Gasteiger partial charge in [0.1, 0.15) is 23.2 Å². The zero-order chi connectivity index (χ0) is 19.3. The predicted octanol–water partition coefficient (Wildman–Crippen LogP) is 2.84. The summed E-state index contributed by atoms with van der Waals surface area (Å²) in [6, 6.07) is 9.97. The van der Waals surface area contributed by atoms with Crippen molar-refractivity contribution >= 4 is 34.0 Å². The second-order valence-corrected chi connectivity index (χ2v) is 6.19. The molecule has 0 amide bonds. The molecule has 10 heteroatoms. The number of nitrogens with two attached hydrogens (primary N) is 1. The zero-order valence-electron chi connectivity index (χ0n) is 14.7. The van der Waals surface area contributed by atoms with Crippen LogP contribution in [-0.4, -0.2) is 34.8 Å². The normalized spacial score (nSPS) is 11.4. The fraction of sp³-hybridized carbons (Fsp3) is 0.0556. The molecular formula is C18H14FN9. The van der Waals surface area contributed by atoms with Gasteiger partial charge >= 0.3 is 0 Å². The van der Waals surface area contributed by atoms with Crippen molar-refractivity contribution in [1.82, 2.24) is 34.8 Å². The lowest BCUT2D eigenvalue weighted by Gasteiger charge is -2.07. The summed E-state index contributed by atoms with van der Waals surface area (Å²) in [6.07, 6.45) is 1.64. The Labute approximate surface area is 157 Å². The molecule has 5 aromatic rings. The van der Waals surface area contributed by atoms with E-state index in [1.165, 1.54) is 6.07 Å². The first-order chi connectivity index (χ1) is 13.6. The number of rotatable bonds is 3. The van der Waals surface area contributed by atoms with Crippen molar-refractivity contribution in [3.63, 3.8) is 0 Å². The van der Waals surface area contributed by atoms with Gasteiger partial charge in [-0.15, -0.1) is 0 Å². The molecule has 138 valence electrons. The highest BCUT2D eigenvalue weighted by atomic mass is 19.1. The smallest absolute Gasteiger partial charge is 0.164 e. The van der Waals surface area contributed by atoms with E-state index in [0.29, 0.717) is 51.2 Å². The average molecular weight is 375 g/mol.